The molecule has 0 aromatic carbocycles. The van der Waals surface area contributed by atoms with Crippen molar-refractivity contribution < 1.29 is 0 Å². The topological polar surface area (TPSA) is 28.2 Å². The first kappa shape index (κ1) is 11.8. The van der Waals surface area contributed by atoms with Gasteiger partial charge in [-0.05, 0) is 38.1 Å². The first-order chi connectivity index (χ1) is 7.75. The molecule has 1 aliphatic heterocycles. The van der Waals surface area contributed by atoms with Crippen molar-refractivity contribution in [2.75, 3.05) is 20.1 Å². The second-order valence-electron chi connectivity index (χ2n) is 4.40. The number of nitrogens with zero attached hydrogens (tertiary/aromatic N) is 2. The van der Waals surface area contributed by atoms with Gasteiger partial charge in [-0.2, -0.15) is 0 Å². The molecule has 0 spiro atoms. The Kier molecular flexibility index (Phi) is 4.16. The molecule has 0 unspecified atom stereocenters. The van der Waals surface area contributed by atoms with Crippen LogP contribution in [0.25, 0.3) is 0 Å². The van der Waals surface area contributed by atoms with Crippen LogP contribution in [0, 0.1) is 0 Å². The van der Waals surface area contributed by atoms with Crippen molar-refractivity contribution in [1.29, 1.82) is 0 Å². The molecule has 0 bridgehead atoms. The first-order valence-electron chi connectivity index (χ1n) is 5.77. The van der Waals surface area contributed by atoms with Crippen LogP contribution in [0.4, 0.5) is 0 Å². The monoisotopic (exact) mass is 239 g/mol. The van der Waals surface area contributed by atoms with Gasteiger partial charge in [-0.25, -0.2) is 4.98 Å². The van der Waals surface area contributed by atoms with E-state index in [2.05, 4.69) is 22.2 Å². The van der Waals surface area contributed by atoms with Gasteiger partial charge in [0.15, 0.2) is 0 Å². The number of hydrogen-bond acceptors (Lipinski definition) is 3. The molecule has 2 heterocycles. The van der Waals surface area contributed by atoms with E-state index >= 15 is 0 Å². The van der Waals surface area contributed by atoms with Crippen molar-refractivity contribution in [3.05, 3.63) is 29.0 Å². The molecular formula is C12H18ClN3. The van der Waals surface area contributed by atoms with Crippen molar-refractivity contribution in [3.63, 3.8) is 0 Å². The minimum absolute atomic E-state index is 0.561. The fraction of sp³-hybridized carbons (Fsp3) is 0.583. The summed E-state index contributed by atoms with van der Waals surface area (Å²) in [6, 6.07) is 4.54. The largest absolute Gasteiger partial charge is 0.315 e. The number of rotatable bonds is 3. The van der Waals surface area contributed by atoms with Crippen LogP contribution in [0.5, 0.6) is 0 Å². The summed E-state index contributed by atoms with van der Waals surface area (Å²) in [5.74, 6) is 0. The molecule has 1 atom stereocenters. The second-order valence-corrected chi connectivity index (χ2v) is 4.79. The van der Waals surface area contributed by atoms with E-state index < -0.39 is 0 Å². The maximum Gasteiger partial charge on any atom is 0.129 e. The number of nitrogens with one attached hydrogen (secondary N) is 1. The van der Waals surface area contributed by atoms with Gasteiger partial charge in [-0.15, -0.1) is 0 Å². The number of likely N-dealkylation sites (N-methyl/N-ethyl adjacent to an activating group) is 1. The third-order valence-electron chi connectivity index (χ3n) is 3.11. The van der Waals surface area contributed by atoms with E-state index in [-0.39, 0.29) is 0 Å². The number of hydrogen-bond donors (Lipinski definition) is 1. The van der Waals surface area contributed by atoms with E-state index in [0.717, 1.165) is 19.6 Å². The van der Waals surface area contributed by atoms with Crippen molar-refractivity contribution in [3.8, 4) is 0 Å². The average molecular weight is 240 g/mol. The Morgan fingerprint density at radius 3 is 3.06 bits per heavy atom. The maximum absolute atomic E-state index is 5.76. The SMILES string of the molecule is CN(Cc1ccc(Cl)nc1)[C@@H]1CCCNC1. The van der Waals surface area contributed by atoms with E-state index in [1.54, 1.807) is 0 Å². The van der Waals surface area contributed by atoms with Crippen LogP contribution in [0.3, 0.4) is 0 Å². The molecule has 0 aliphatic carbocycles. The summed E-state index contributed by atoms with van der Waals surface area (Å²) < 4.78 is 0. The highest BCUT2D eigenvalue weighted by Gasteiger charge is 2.17. The molecule has 1 N–H and O–H groups in total. The lowest BCUT2D eigenvalue weighted by Gasteiger charge is -2.31. The second kappa shape index (κ2) is 5.62. The highest BCUT2D eigenvalue weighted by atomic mass is 35.5. The van der Waals surface area contributed by atoms with Crippen LogP contribution in [0.1, 0.15) is 18.4 Å². The Balaban J connectivity index is 1.90. The summed E-state index contributed by atoms with van der Waals surface area (Å²) in [6.07, 6.45) is 4.41. The predicted molar refractivity (Wildman–Crippen MR) is 66.6 cm³/mol. The van der Waals surface area contributed by atoms with E-state index in [1.807, 2.05) is 18.3 Å². The van der Waals surface area contributed by atoms with Crippen LogP contribution in [-0.4, -0.2) is 36.1 Å². The van der Waals surface area contributed by atoms with Gasteiger partial charge in [0.05, 0.1) is 0 Å². The quantitative estimate of drug-likeness (QED) is 0.817. The van der Waals surface area contributed by atoms with Gasteiger partial charge < -0.3 is 5.32 Å². The van der Waals surface area contributed by atoms with Crippen LogP contribution in [-0.2, 0) is 6.54 Å². The summed E-state index contributed by atoms with van der Waals surface area (Å²) in [4.78, 5) is 6.49. The molecule has 0 radical (unpaired) electrons. The Morgan fingerprint density at radius 2 is 2.44 bits per heavy atom. The molecular weight excluding hydrogens is 222 g/mol. The fourth-order valence-corrected chi connectivity index (χ4v) is 2.24. The average Bonchev–Trinajstić information content (AvgIpc) is 2.33. The molecule has 88 valence electrons. The molecule has 0 amide bonds. The van der Waals surface area contributed by atoms with Crippen molar-refractivity contribution in [2.24, 2.45) is 0 Å². The van der Waals surface area contributed by atoms with Crippen molar-refractivity contribution in [1.82, 2.24) is 15.2 Å². The zero-order valence-electron chi connectivity index (χ0n) is 9.62. The number of aromatic nitrogens is 1. The van der Waals surface area contributed by atoms with Gasteiger partial charge in [-0.3, -0.25) is 4.90 Å². The summed E-state index contributed by atoms with van der Waals surface area (Å²) >= 11 is 5.76. The summed E-state index contributed by atoms with van der Waals surface area (Å²) in [5.41, 5.74) is 1.22. The van der Waals surface area contributed by atoms with E-state index in [1.165, 1.54) is 18.4 Å². The standard InChI is InChI=1S/C12H18ClN3/c1-16(11-3-2-6-14-8-11)9-10-4-5-12(13)15-7-10/h4-5,7,11,14H,2-3,6,8-9H2,1H3/t11-/m1/s1. The van der Waals surface area contributed by atoms with E-state index in [0.29, 0.717) is 11.2 Å². The zero-order valence-corrected chi connectivity index (χ0v) is 10.4. The van der Waals surface area contributed by atoms with Crippen LogP contribution in [0.15, 0.2) is 18.3 Å². The molecule has 3 nitrogen and oxygen atoms in total. The molecule has 16 heavy (non-hydrogen) atoms. The fourth-order valence-electron chi connectivity index (χ4n) is 2.13. The lowest BCUT2D eigenvalue weighted by atomic mass is 10.1. The number of halogens is 1. The van der Waals surface area contributed by atoms with Crippen molar-refractivity contribution >= 4 is 11.6 Å². The van der Waals surface area contributed by atoms with Gasteiger partial charge in [0, 0.05) is 25.3 Å². The van der Waals surface area contributed by atoms with E-state index in [4.69, 9.17) is 11.6 Å². The minimum atomic E-state index is 0.561. The lowest BCUT2D eigenvalue weighted by Crippen LogP contribution is -2.43. The molecule has 1 aliphatic rings. The van der Waals surface area contributed by atoms with Gasteiger partial charge in [0.2, 0.25) is 0 Å². The lowest BCUT2D eigenvalue weighted by molar-refractivity contribution is 0.195. The van der Waals surface area contributed by atoms with Gasteiger partial charge in [0.1, 0.15) is 5.15 Å². The highest BCUT2D eigenvalue weighted by molar-refractivity contribution is 6.29. The van der Waals surface area contributed by atoms with Gasteiger partial charge in [0.25, 0.3) is 0 Å². The summed E-state index contributed by atoms with van der Waals surface area (Å²) in [7, 11) is 2.17. The third kappa shape index (κ3) is 3.17. The molecule has 2 rings (SSSR count). The van der Waals surface area contributed by atoms with Gasteiger partial charge >= 0.3 is 0 Å². The number of piperidine rings is 1. The summed E-state index contributed by atoms with van der Waals surface area (Å²) in [6.45, 7) is 3.20. The Bertz CT molecular complexity index is 320. The molecule has 1 aromatic rings. The summed E-state index contributed by atoms with van der Waals surface area (Å²) in [5, 5.41) is 3.99. The highest BCUT2D eigenvalue weighted by Crippen LogP contribution is 2.13. The molecule has 4 heteroatoms. The predicted octanol–water partition coefficient (Wildman–Crippen LogP) is 1.92. The molecule has 1 aromatic heterocycles. The minimum Gasteiger partial charge on any atom is -0.315 e. The Morgan fingerprint density at radius 1 is 1.56 bits per heavy atom. The van der Waals surface area contributed by atoms with Crippen LogP contribution < -0.4 is 5.32 Å². The van der Waals surface area contributed by atoms with Crippen molar-refractivity contribution in [2.45, 2.75) is 25.4 Å². The molecule has 0 saturated carbocycles. The zero-order chi connectivity index (χ0) is 11.4. The molecule has 1 saturated heterocycles. The van der Waals surface area contributed by atoms with Crippen LogP contribution >= 0.6 is 11.6 Å². The third-order valence-corrected chi connectivity index (χ3v) is 3.34. The Labute approximate surface area is 102 Å². The van der Waals surface area contributed by atoms with E-state index in [9.17, 15) is 0 Å². The maximum atomic E-state index is 5.76. The van der Waals surface area contributed by atoms with Gasteiger partial charge in [-0.1, -0.05) is 17.7 Å². The normalized spacial score (nSPS) is 21.3. The number of pyridine rings is 1. The smallest absolute Gasteiger partial charge is 0.129 e. The molecule has 1 fully saturated rings. The first-order valence-corrected chi connectivity index (χ1v) is 6.15. The van der Waals surface area contributed by atoms with Crippen LogP contribution in [0.2, 0.25) is 5.15 Å². The Hall–Kier alpha value is -0.640.